The molecule has 3 aromatic rings. The largest absolute Gasteiger partial charge is 0.338 e. The number of hydrogen-bond acceptors (Lipinski definition) is 1. The zero-order chi connectivity index (χ0) is 12.7. The van der Waals surface area contributed by atoms with E-state index in [0.29, 0.717) is 0 Å². The molecular formula is C14H10BrClN2. The summed E-state index contributed by atoms with van der Waals surface area (Å²) in [5.41, 5.74) is 4.03. The minimum absolute atomic E-state index is 0.758. The second kappa shape index (κ2) is 4.41. The summed E-state index contributed by atoms with van der Waals surface area (Å²) in [6.45, 7) is 1.99. The van der Waals surface area contributed by atoms with Gasteiger partial charge in [0.25, 0.3) is 0 Å². The Bertz CT molecular complexity index is 734. The Hall–Kier alpha value is -1.32. The maximum Gasteiger partial charge on any atom is 0.138 e. The monoisotopic (exact) mass is 320 g/mol. The number of nitrogens with one attached hydrogen (secondary N) is 1. The number of aromatic amines is 1. The number of benzene rings is 2. The van der Waals surface area contributed by atoms with Gasteiger partial charge in [0.15, 0.2) is 0 Å². The van der Waals surface area contributed by atoms with Gasteiger partial charge in [-0.2, -0.15) is 0 Å². The highest BCUT2D eigenvalue weighted by atomic mass is 79.9. The lowest BCUT2D eigenvalue weighted by Crippen LogP contribution is -1.82. The minimum Gasteiger partial charge on any atom is -0.338 e. The lowest BCUT2D eigenvalue weighted by molar-refractivity contribution is 1.33. The molecule has 0 aliphatic heterocycles. The topological polar surface area (TPSA) is 28.7 Å². The summed E-state index contributed by atoms with van der Waals surface area (Å²) in [5, 5.41) is 0.758. The highest BCUT2D eigenvalue weighted by Gasteiger charge is 2.06. The molecule has 0 amide bonds. The number of fused-ring (bicyclic) bond motifs is 1. The molecule has 0 unspecified atom stereocenters. The van der Waals surface area contributed by atoms with Crippen molar-refractivity contribution in [2.75, 3.05) is 0 Å². The van der Waals surface area contributed by atoms with Crippen molar-refractivity contribution in [1.82, 2.24) is 9.97 Å². The van der Waals surface area contributed by atoms with Crippen LogP contribution in [-0.4, -0.2) is 9.97 Å². The van der Waals surface area contributed by atoms with Gasteiger partial charge in [-0.3, -0.25) is 0 Å². The standard InChI is InChI=1S/C14H10BrClN2/c1-8-2-3-9(6-11(8)16)14-17-12-5-4-10(15)7-13(12)18-14/h2-7H,1H3,(H,17,18). The third-order valence-electron chi connectivity index (χ3n) is 2.89. The molecule has 0 fully saturated rings. The van der Waals surface area contributed by atoms with Crippen LogP contribution in [0, 0.1) is 6.92 Å². The Balaban J connectivity index is 2.16. The third kappa shape index (κ3) is 2.04. The first-order chi connectivity index (χ1) is 8.63. The van der Waals surface area contributed by atoms with Crippen LogP contribution in [-0.2, 0) is 0 Å². The quantitative estimate of drug-likeness (QED) is 0.674. The average Bonchev–Trinajstić information content (AvgIpc) is 2.75. The van der Waals surface area contributed by atoms with E-state index in [4.69, 9.17) is 11.6 Å². The summed E-state index contributed by atoms with van der Waals surface area (Å²) >= 11 is 9.59. The predicted octanol–water partition coefficient (Wildman–Crippen LogP) is 4.95. The number of aryl methyl sites for hydroxylation is 1. The van der Waals surface area contributed by atoms with Gasteiger partial charge < -0.3 is 4.98 Å². The van der Waals surface area contributed by atoms with Gasteiger partial charge in [-0.25, -0.2) is 4.98 Å². The lowest BCUT2D eigenvalue weighted by Gasteiger charge is -2.00. The number of halogens is 2. The summed E-state index contributed by atoms with van der Waals surface area (Å²) < 4.78 is 1.03. The van der Waals surface area contributed by atoms with Crippen molar-refractivity contribution in [3.63, 3.8) is 0 Å². The van der Waals surface area contributed by atoms with E-state index in [-0.39, 0.29) is 0 Å². The van der Waals surface area contributed by atoms with E-state index in [0.717, 1.165) is 37.5 Å². The fraction of sp³-hybridized carbons (Fsp3) is 0.0714. The number of hydrogen-bond donors (Lipinski definition) is 1. The molecule has 3 rings (SSSR count). The first-order valence-corrected chi connectivity index (χ1v) is 6.72. The van der Waals surface area contributed by atoms with E-state index in [9.17, 15) is 0 Å². The molecule has 1 N–H and O–H groups in total. The maximum atomic E-state index is 6.14. The van der Waals surface area contributed by atoms with Crippen LogP contribution in [0.25, 0.3) is 22.4 Å². The molecular weight excluding hydrogens is 312 g/mol. The second-order valence-corrected chi connectivity index (χ2v) is 5.53. The van der Waals surface area contributed by atoms with E-state index in [1.807, 2.05) is 43.3 Å². The molecule has 2 aromatic carbocycles. The zero-order valence-corrected chi connectivity index (χ0v) is 12.0. The summed E-state index contributed by atoms with van der Waals surface area (Å²) in [7, 11) is 0. The van der Waals surface area contributed by atoms with Gasteiger partial charge in [-0.15, -0.1) is 0 Å². The highest BCUT2D eigenvalue weighted by Crippen LogP contribution is 2.26. The smallest absolute Gasteiger partial charge is 0.138 e. The summed E-state index contributed by atoms with van der Waals surface area (Å²) in [5.74, 6) is 0.838. The van der Waals surface area contributed by atoms with Crippen molar-refractivity contribution in [1.29, 1.82) is 0 Å². The molecule has 0 aliphatic carbocycles. The number of H-pyrrole nitrogens is 1. The molecule has 0 radical (unpaired) electrons. The van der Waals surface area contributed by atoms with Crippen molar-refractivity contribution >= 4 is 38.6 Å². The van der Waals surface area contributed by atoms with Gasteiger partial charge in [-0.1, -0.05) is 39.7 Å². The number of imidazole rings is 1. The molecule has 4 heteroatoms. The molecule has 0 aliphatic rings. The van der Waals surface area contributed by atoms with Crippen LogP contribution < -0.4 is 0 Å². The van der Waals surface area contributed by atoms with Crippen molar-refractivity contribution in [3.05, 3.63) is 51.5 Å². The van der Waals surface area contributed by atoms with E-state index in [1.165, 1.54) is 0 Å². The molecule has 90 valence electrons. The Labute approximate surface area is 118 Å². The fourth-order valence-corrected chi connectivity index (χ4v) is 2.40. The van der Waals surface area contributed by atoms with Crippen LogP contribution in [0.2, 0.25) is 5.02 Å². The summed E-state index contributed by atoms with van der Waals surface area (Å²) in [4.78, 5) is 7.86. The minimum atomic E-state index is 0.758. The van der Waals surface area contributed by atoms with Gasteiger partial charge in [0, 0.05) is 15.1 Å². The Morgan fingerprint density at radius 2 is 2.00 bits per heavy atom. The second-order valence-electron chi connectivity index (χ2n) is 4.21. The van der Waals surface area contributed by atoms with Crippen molar-refractivity contribution in [3.8, 4) is 11.4 Å². The normalized spacial score (nSPS) is 11.1. The van der Waals surface area contributed by atoms with Crippen LogP contribution in [0.1, 0.15) is 5.56 Å². The van der Waals surface area contributed by atoms with Crippen LogP contribution in [0.4, 0.5) is 0 Å². The van der Waals surface area contributed by atoms with Gasteiger partial charge in [0.05, 0.1) is 11.0 Å². The molecule has 0 saturated carbocycles. The van der Waals surface area contributed by atoms with Gasteiger partial charge in [-0.05, 0) is 36.8 Å². The number of rotatable bonds is 1. The van der Waals surface area contributed by atoms with Crippen LogP contribution >= 0.6 is 27.5 Å². The lowest BCUT2D eigenvalue weighted by atomic mass is 10.1. The Morgan fingerprint density at radius 3 is 2.78 bits per heavy atom. The Kier molecular flexibility index (Phi) is 2.88. The first kappa shape index (κ1) is 11.8. The summed E-state index contributed by atoms with van der Waals surface area (Å²) in [6, 6.07) is 11.9. The summed E-state index contributed by atoms with van der Waals surface area (Å²) in [6.07, 6.45) is 0. The Morgan fingerprint density at radius 1 is 1.17 bits per heavy atom. The van der Waals surface area contributed by atoms with Crippen LogP contribution in [0.15, 0.2) is 40.9 Å². The van der Waals surface area contributed by atoms with Gasteiger partial charge >= 0.3 is 0 Å². The van der Waals surface area contributed by atoms with E-state index in [2.05, 4.69) is 25.9 Å². The molecule has 1 aromatic heterocycles. The van der Waals surface area contributed by atoms with E-state index >= 15 is 0 Å². The zero-order valence-electron chi connectivity index (χ0n) is 9.67. The average molecular weight is 322 g/mol. The first-order valence-electron chi connectivity index (χ1n) is 5.55. The fourth-order valence-electron chi connectivity index (χ4n) is 1.86. The number of nitrogens with zero attached hydrogens (tertiary/aromatic N) is 1. The van der Waals surface area contributed by atoms with E-state index < -0.39 is 0 Å². The molecule has 0 saturated heterocycles. The molecule has 2 nitrogen and oxygen atoms in total. The van der Waals surface area contributed by atoms with Crippen molar-refractivity contribution in [2.45, 2.75) is 6.92 Å². The molecule has 0 spiro atoms. The van der Waals surface area contributed by atoms with Crippen molar-refractivity contribution in [2.24, 2.45) is 0 Å². The third-order valence-corrected chi connectivity index (χ3v) is 3.79. The van der Waals surface area contributed by atoms with Crippen molar-refractivity contribution < 1.29 is 0 Å². The van der Waals surface area contributed by atoms with Gasteiger partial charge in [0.2, 0.25) is 0 Å². The molecule has 18 heavy (non-hydrogen) atoms. The molecule has 1 heterocycles. The van der Waals surface area contributed by atoms with Gasteiger partial charge in [0.1, 0.15) is 5.82 Å². The predicted molar refractivity (Wildman–Crippen MR) is 79.0 cm³/mol. The van der Waals surface area contributed by atoms with E-state index in [1.54, 1.807) is 0 Å². The molecule has 0 atom stereocenters. The maximum absolute atomic E-state index is 6.14. The van der Waals surface area contributed by atoms with Crippen LogP contribution in [0.3, 0.4) is 0 Å². The number of aromatic nitrogens is 2. The molecule has 0 bridgehead atoms. The highest BCUT2D eigenvalue weighted by molar-refractivity contribution is 9.10. The SMILES string of the molecule is Cc1ccc(-c2nc3ccc(Br)cc3[nH]2)cc1Cl. The van der Waals surface area contributed by atoms with Crippen LogP contribution in [0.5, 0.6) is 0 Å².